The van der Waals surface area contributed by atoms with Crippen LogP contribution in [0.5, 0.6) is 5.75 Å². The summed E-state index contributed by atoms with van der Waals surface area (Å²) in [5.74, 6) is -0.223. The van der Waals surface area contributed by atoms with Crippen LogP contribution in [0.2, 0.25) is 0 Å². The van der Waals surface area contributed by atoms with Gasteiger partial charge in [0.25, 0.3) is 0 Å². The third kappa shape index (κ3) is 3.00. The lowest BCUT2D eigenvalue weighted by Crippen LogP contribution is -2.06. The second kappa shape index (κ2) is 6.79. The quantitative estimate of drug-likeness (QED) is 0.720. The molecule has 0 radical (unpaired) electrons. The van der Waals surface area contributed by atoms with Crippen molar-refractivity contribution in [3.05, 3.63) is 65.4 Å². The normalized spacial score (nSPS) is 10.9. The Morgan fingerprint density at radius 1 is 1.17 bits per heavy atom. The summed E-state index contributed by atoms with van der Waals surface area (Å²) in [6.07, 6.45) is 1.95. The van der Waals surface area contributed by atoms with Crippen molar-refractivity contribution >= 4 is 16.9 Å². The van der Waals surface area contributed by atoms with Crippen molar-refractivity contribution in [2.75, 3.05) is 7.11 Å². The molecule has 3 aromatic rings. The number of hydrogen-bond donors (Lipinski definition) is 1. The fourth-order valence-electron chi connectivity index (χ4n) is 3.20. The molecule has 0 saturated carbocycles. The highest BCUT2D eigenvalue weighted by atomic mass is 16.5. The summed E-state index contributed by atoms with van der Waals surface area (Å²) >= 11 is 0. The zero-order chi connectivity index (χ0) is 17.1. The van der Waals surface area contributed by atoms with Crippen LogP contribution >= 0.6 is 0 Å². The SMILES string of the molecule is COC(=O)c1c(C)n(CCCc2ccccc2)c2ccc(O)cc12. The second-order valence-electron chi connectivity index (χ2n) is 5.89. The second-order valence-corrected chi connectivity index (χ2v) is 5.89. The van der Waals surface area contributed by atoms with Crippen LogP contribution in [-0.4, -0.2) is 22.8 Å². The molecule has 0 atom stereocenters. The third-order valence-corrected chi connectivity index (χ3v) is 4.39. The molecule has 24 heavy (non-hydrogen) atoms. The van der Waals surface area contributed by atoms with Gasteiger partial charge in [-0.15, -0.1) is 0 Å². The van der Waals surface area contributed by atoms with Gasteiger partial charge in [-0.2, -0.15) is 0 Å². The molecular formula is C20H21NO3. The van der Waals surface area contributed by atoms with Crippen molar-refractivity contribution < 1.29 is 14.6 Å². The van der Waals surface area contributed by atoms with Gasteiger partial charge >= 0.3 is 5.97 Å². The molecule has 1 aromatic heterocycles. The van der Waals surface area contributed by atoms with Gasteiger partial charge in [0.1, 0.15) is 5.75 Å². The summed E-state index contributed by atoms with van der Waals surface area (Å²) in [6, 6.07) is 15.5. The molecule has 1 N–H and O–H groups in total. The Balaban J connectivity index is 1.92. The maximum Gasteiger partial charge on any atom is 0.340 e. The van der Waals surface area contributed by atoms with Gasteiger partial charge in [0.15, 0.2) is 0 Å². The molecule has 4 nitrogen and oxygen atoms in total. The van der Waals surface area contributed by atoms with Crippen LogP contribution in [0.15, 0.2) is 48.5 Å². The van der Waals surface area contributed by atoms with Crippen LogP contribution < -0.4 is 0 Å². The van der Waals surface area contributed by atoms with Crippen LogP contribution in [0.4, 0.5) is 0 Å². The maximum absolute atomic E-state index is 12.2. The number of esters is 1. The molecule has 0 aliphatic heterocycles. The fraction of sp³-hybridized carbons (Fsp3) is 0.250. The summed E-state index contributed by atoms with van der Waals surface area (Å²) < 4.78 is 7.05. The van der Waals surface area contributed by atoms with Crippen LogP contribution in [0.1, 0.15) is 28.0 Å². The fourth-order valence-corrected chi connectivity index (χ4v) is 3.20. The largest absolute Gasteiger partial charge is 0.508 e. The molecule has 0 aliphatic rings. The molecular weight excluding hydrogens is 302 g/mol. The highest BCUT2D eigenvalue weighted by Gasteiger charge is 2.20. The van der Waals surface area contributed by atoms with E-state index in [9.17, 15) is 9.90 Å². The van der Waals surface area contributed by atoms with Crippen molar-refractivity contribution in [3.8, 4) is 5.75 Å². The van der Waals surface area contributed by atoms with Crippen LogP contribution in [0.3, 0.4) is 0 Å². The van der Waals surface area contributed by atoms with Gasteiger partial charge in [0, 0.05) is 23.1 Å². The smallest absolute Gasteiger partial charge is 0.340 e. The average molecular weight is 323 g/mol. The molecule has 0 fully saturated rings. The summed E-state index contributed by atoms with van der Waals surface area (Å²) in [5.41, 5.74) is 3.65. The van der Waals surface area contributed by atoms with E-state index in [0.29, 0.717) is 5.56 Å². The van der Waals surface area contributed by atoms with Gasteiger partial charge in [-0.3, -0.25) is 0 Å². The van der Waals surface area contributed by atoms with Crippen LogP contribution in [0, 0.1) is 6.92 Å². The van der Waals surface area contributed by atoms with E-state index >= 15 is 0 Å². The van der Waals surface area contributed by atoms with Gasteiger partial charge in [0.05, 0.1) is 12.7 Å². The number of nitrogens with zero attached hydrogens (tertiary/aromatic N) is 1. The molecule has 4 heteroatoms. The first kappa shape index (κ1) is 16.1. The Morgan fingerprint density at radius 2 is 1.92 bits per heavy atom. The number of methoxy groups -OCH3 is 1. The molecule has 0 saturated heterocycles. The van der Waals surface area contributed by atoms with Crippen molar-refractivity contribution in [2.45, 2.75) is 26.3 Å². The topological polar surface area (TPSA) is 51.5 Å². The van der Waals surface area contributed by atoms with Gasteiger partial charge < -0.3 is 14.4 Å². The zero-order valence-corrected chi connectivity index (χ0v) is 14.0. The predicted molar refractivity (Wildman–Crippen MR) is 94.4 cm³/mol. The van der Waals surface area contributed by atoms with E-state index in [4.69, 9.17) is 4.74 Å². The zero-order valence-electron chi connectivity index (χ0n) is 14.0. The van der Waals surface area contributed by atoms with E-state index in [1.54, 1.807) is 12.1 Å². The lowest BCUT2D eigenvalue weighted by molar-refractivity contribution is 0.0602. The molecule has 3 rings (SSSR count). The third-order valence-electron chi connectivity index (χ3n) is 4.39. The first-order chi connectivity index (χ1) is 11.6. The number of carbonyl (C=O) groups excluding carboxylic acids is 1. The number of ether oxygens (including phenoxy) is 1. The molecule has 0 amide bonds. The minimum Gasteiger partial charge on any atom is -0.508 e. The first-order valence-electron chi connectivity index (χ1n) is 8.06. The number of hydrogen-bond acceptors (Lipinski definition) is 3. The van der Waals surface area contributed by atoms with Crippen LogP contribution in [0.25, 0.3) is 10.9 Å². The highest BCUT2D eigenvalue weighted by Crippen LogP contribution is 2.30. The number of benzene rings is 2. The van der Waals surface area contributed by atoms with Crippen molar-refractivity contribution in [2.24, 2.45) is 0 Å². The molecule has 0 aliphatic carbocycles. The number of phenolic OH excluding ortho intramolecular Hbond substituents is 1. The number of carbonyl (C=O) groups is 1. The van der Waals surface area contributed by atoms with E-state index in [1.165, 1.54) is 12.7 Å². The number of aromatic nitrogens is 1. The molecule has 1 heterocycles. The Bertz CT molecular complexity index is 865. The van der Waals surface area contributed by atoms with Crippen molar-refractivity contribution in [3.63, 3.8) is 0 Å². The monoisotopic (exact) mass is 323 g/mol. The molecule has 124 valence electrons. The lowest BCUT2D eigenvalue weighted by atomic mass is 10.1. The molecule has 0 bridgehead atoms. The van der Waals surface area contributed by atoms with Crippen molar-refractivity contribution in [1.82, 2.24) is 4.57 Å². The first-order valence-corrected chi connectivity index (χ1v) is 8.06. The van der Waals surface area contributed by atoms with Crippen LogP contribution in [-0.2, 0) is 17.7 Å². The van der Waals surface area contributed by atoms with E-state index in [1.807, 2.05) is 31.2 Å². The Morgan fingerprint density at radius 3 is 2.62 bits per heavy atom. The minimum atomic E-state index is -0.370. The summed E-state index contributed by atoms with van der Waals surface area (Å²) in [4.78, 5) is 12.2. The minimum absolute atomic E-state index is 0.147. The van der Waals surface area contributed by atoms with Gasteiger partial charge in [-0.25, -0.2) is 4.79 Å². The number of aromatic hydroxyl groups is 1. The van der Waals surface area contributed by atoms with Crippen molar-refractivity contribution in [1.29, 1.82) is 0 Å². The van der Waals surface area contributed by atoms with Gasteiger partial charge in [-0.05, 0) is 43.5 Å². The standard InChI is InChI=1S/C20H21NO3/c1-14-19(20(23)24-2)17-13-16(22)10-11-18(17)21(14)12-6-9-15-7-4-3-5-8-15/h3-5,7-8,10-11,13,22H,6,9,12H2,1-2H3. The van der Waals surface area contributed by atoms with Gasteiger partial charge in [-0.1, -0.05) is 30.3 Å². The molecule has 2 aromatic carbocycles. The number of rotatable bonds is 5. The van der Waals surface area contributed by atoms with E-state index in [0.717, 1.165) is 36.0 Å². The highest BCUT2D eigenvalue weighted by molar-refractivity contribution is 6.06. The lowest BCUT2D eigenvalue weighted by Gasteiger charge is -2.09. The number of aryl methyl sites for hydroxylation is 2. The average Bonchev–Trinajstić information content (AvgIpc) is 2.86. The van der Waals surface area contributed by atoms with E-state index < -0.39 is 0 Å². The van der Waals surface area contributed by atoms with E-state index in [-0.39, 0.29) is 11.7 Å². The number of phenols is 1. The maximum atomic E-state index is 12.2. The predicted octanol–water partition coefficient (Wildman–Crippen LogP) is 4.07. The summed E-state index contributed by atoms with van der Waals surface area (Å²) in [6.45, 7) is 2.73. The summed E-state index contributed by atoms with van der Waals surface area (Å²) in [5, 5.41) is 10.5. The molecule has 0 unspecified atom stereocenters. The summed E-state index contributed by atoms with van der Waals surface area (Å²) in [7, 11) is 1.38. The number of fused-ring (bicyclic) bond motifs is 1. The van der Waals surface area contributed by atoms with Gasteiger partial charge in [0.2, 0.25) is 0 Å². The molecule has 0 spiro atoms. The Labute approximate surface area is 141 Å². The Kier molecular flexibility index (Phi) is 4.56. The Hall–Kier alpha value is -2.75. The van der Waals surface area contributed by atoms with E-state index in [2.05, 4.69) is 16.7 Å².